The highest BCUT2D eigenvalue weighted by Crippen LogP contribution is 2.24. The Morgan fingerprint density at radius 3 is 3.08 bits per heavy atom. The summed E-state index contributed by atoms with van der Waals surface area (Å²) in [4.78, 5) is 3.77. The average Bonchev–Trinajstić information content (AvgIpc) is 2.11. The summed E-state index contributed by atoms with van der Waals surface area (Å²) in [6, 6.07) is 1.54. The van der Waals surface area contributed by atoms with Crippen molar-refractivity contribution in [3.05, 3.63) is 29.4 Å². The Kier molecular flexibility index (Phi) is 3.25. The van der Waals surface area contributed by atoms with Gasteiger partial charge in [0, 0.05) is 10.7 Å². The first-order chi connectivity index (χ1) is 6.13. The minimum Gasteiger partial charge on any atom is -0.453 e. The highest BCUT2D eigenvalue weighted by molar-refractivity contribution is 9.10. The molecule has 0 fully saturated rings. The van der Waals surface area contributed by atoms with Crippen molar-refractivity contribution >= 4 is 21.7 Å². The normalized spacial score (nSPS) is 12.2. The highest BCUT2D eigenvalue weighted by Gasteiger charge is 2.07. The van der Waals surface area contributed by atoms with Crippen LogP contribution in [0.3, 0.4) is 0 Å². The smallest absolute Gasteiger partial charge is 0.257 e. The maximum atomic E-state index is 12.7. The lowest BCUT2D eigenvalue weighted by atomic mass is 10.4. The molecule has 1 unspecified atom stereocenters. The fourth-order valence-corrected chi connectivity index (χ4v) is 1.01. The lowest BCUT2D eigenvalue weighted by Crippen LogP contribution is -2.08. The molecule has 2 N–H and O–H groups in total. The zero-order chi connectivity index (χ0) is 9.84. The summed E-state index contributed by atoms with van der Waals surface area (Å²) in [6.07, 6.45) is 0.961. The molecule has 0 aromatic carbocycles. The minimum atomic E-state index is -1.57. The molecular formula is C8H8BrFN2O. The van der Waals surface area contributed by atoms with E-state index >= 15 is 0 Å². The quantitative estimate of drug-likeness (QED) is 0.833. The number of ether oxygens (including phenoxy) is 1. The second-order valence-corrected chi connectivity index (χ2v) is 3.16. The molecule has 5 heteroatoms. The van der Waals surface area contributed by atoms with E-state index in [2.05, 4.69) is 27.5 Å². The molecule has 0 aliphatic heterocycles. The van der Waals surface area contributed by atoms with Crippen molar-refractivity contribution in [2.75, 3.05) is 5.73 Å². The summed E-state index contributed by atoms with van der Waals surface area (Å²) >= 11 is 3.16. The maximum Gasteiger partial charge on any atom is 0.257 e. The van der Waals surface area contributed by atoms with E-state index in [9.17, 15) is 4.39 Å². The molecule has 1 rings (SSSR count). The van der Waals surface area contributed by atoms with Gasteiger partial charge in [-0.2, -0.15) is 4.39 Å². The molecule has 0 saturated carbocycles. The fourth-order valence-electron chi connectivity index (χ4n) is 0.695. The Bertz CT molecular complexity index is 319. The van der Waals surface area contributed by atoms with Crippen LogP contribution < -0.4 is 10.5 Å². The number of hydrogen-bond acceptors (Lipinski definition) is 3. The SMILES string of the molecule is C=CC(F)Oc1cc(Br)cnc1N. The molecule has 0 bridgehead atoms. The van der Waals surface area contributed by atoms with Crippen molar-refractivity contribution in [2.45, 2.75) is 6.36 Å². The van der Waals surface area contributed by atoms with Gasteiger partial charge in [0.1, 0.15) is 0 Å². The van der Waals surface area contributed by atoms with Gasteiger partial charge in [-0.05, 0) is 28.1 Å². The first-order valence-electron chi connectivity index (χ1n) is 3.48. The molecule has 0 aliphatic rings. The van der Waals surface area contributed by atoms with E-state index in [0.29, 0.717) is 4.47 Å². The average molecular weight is 247 g/mol. The van der Waals surface area contributed by atoms with Crippen LogP contribution in [-0.4, -0.2) is 11.3 Å². The molecule has 1 aromatic rings. The van der Waals surface area contributed by atoms with Gasteiger partial charge in [-0.3, -0.25) is 0 Å². The Morgan fingerprint density at radius 1 is 1.77 bits per heavy atom. The maximum absolute atomic E-state index is 12.7. The van der Waals surface area contributed by atoms with Gasteiger partial charge < -0.3 is 10.5 Å². The Balaban J connectivity index is 2.86. The Hall–Kier alpha value is -1.10. The van der Waals surface area contributed by atoms with E-state index in [0.717, 1.165) is 6.08 Å². The van der Waals surface area contributed by atoms with Crippen molar-refractivity contribution in [3.63, 3.8) is 0 Å². The number of nitrogens with zero attached hydrogens (tertiary/aromatic N) is 1. The molecular weight excluding hydrogens is 239 g/mol. The number of anilines is 1. The zero-order valence-electron chi connectivity index (χ0n) is 6.71. The van der Waals surface area contributed by atoms with Gasteiger partial charge in [-0.1, -0.05) is 6.58 Å². The van der Waals surface area contributed by atoms with Crippen LogP contribution >= 0.6 is 15.9 Å². The molecule has 0 aliphatic carbocycles. The highest BCUT2D eigenvalue weighted by atomic mass is 79.9. The van der Waals surface area contributed by atoms with Crippen molar-refractivity contribution in [2.24, 2.45) is 0 Å². The van der Waals surface area contributed by atoms with E-state index in [4.69, 9.17) is 10.5 Å². The van der Waals surface area contributed by atoms with E-state index < -0.39 is 6.36 Å². The number of nitrogen functional groups attached to an aromatic ring is 1. The summed E-state index contributed by atoms with van der Waals surface area (Å²) in [5.41, 5.74) is 5.43. The van der Waals surface area contributed by atoms with Crippen LogP contribution in [0, 0.1) is 0 Å². The van der Waals surface area contributed by atoms with Crippen molar-refractivity contribution in [1.82, 2.24) is 4.98 Å². The van der Waals surface area contributed by atoms with Crippen LogP contribution in [0.1, 0.15) is 0 Å². The second-order valence-electron chi connectivity index (χ2n) is 2.24. The van der Waals surface area contributed by atoms with E-state index in [1.807, 2.05) is 0 Å². The third-order valence-electron chi connectivity index (χ3n) is 1.27. The number of nitrogens with two attached hydrogens (primary N) is 1. The van der Waals surface area contributed by atoms with Gasteiger partial charge in [-0.15, -0.1) is 0 Å². The summed E-state index contributed by atoms with van der Waals surface area (Å²) in [5.74, 6) is 0.342. The lowest BCUT2D eigenvalue weighted by Gasteiger charge is -2.08. The number of aromatic nitrogens is 1. The first kappa shape index (κ1) is 9.98. The van der Waals surface area contributed by atoms with Gasteiger partial charge in [0.15, 0.2) is 11.6 Å². The molecule has 0 radical (unpaired) electrons. The van der Waals surface area contributed by atoms with Crippen molar-refractivity contribution in [3.8, 4) is 5.75 Å². The standard InChI is InChI=1S/C8H8BrFN2O/c1-2-7(10)13-6-3-5(9)4-12-8(6)11/h2-4,7H,1H2,(H2,11,12). The van der Waals surface area contributed by atoms with E-state index in [1.54, 1.807) is 6.07 Å². The minimum absolute atomic E-state index is 0.146. The largest absolute Gasteiger partial charge is 0.453 e. The number of pyridine rings is 1. The summed E-state index contributed by atoms with van der Waals surface area (Å²) in [5, 5.41) is 0. The molecule has 0 saturated heterocycles. The number of alkyl halides is 1. The lowest BCUT2D eigenvalue weighted by molar-refractivity contribution is 0.114. The van der Waals surface area contributed by atoms with Crippen molar-refractivity contribution in [1.29, 1.82) is 0 Å². The fraction of sp³-hybridized carbons (Fsp3) is 0.125. The number of rotatable bonds is 3. The Morgan fingerprint density at radius 2 is 2.46 bits per heavy atom. The predicted molar refractivity (Wildman–Crippen MR) is 52.1 cm³/mol. The number of halogens is 2. The molecule has 0 spiro atoms. The van der Waals surface area contributed by atoms with Gasteiger partial charge in [-0.25, -0.2) is 4.98 Å². The summed E-state index contributed by atoms with van der Waals surface area (Å²) < 4.78 is 18.1. The molecule has 1 atom stereocenters. The van der Waals surface area contributed by atoms with Crippen LogP contribution in [-0.2, 0) is 0 Å². The Labute approximate surface area is 83.5 Å². The van der Waals surface area contributed by atoms with Crippen molar-refractivity contribution < 1.29 is 9.13 Å². The molecule has 0 amide bonds. The van der Waals surface area contributed by atoms with E-state index in [1.165, 1.54) is 6.20 Å². The van der Waals surface area contributed by atoms with E-state index in [-0.39, 0.29) is 11.6 Å². The molecule has 13 heavy (non-hydrogen) atoms. The van der Waals surface area contributed by atoms with Crippen LogP contribution in [0.25, 0.3) is 0 Å². The van der Waals surface area contributed by atoms with Gasteiger partial charge in [0.05, 0.1) is 0 Å². The number of hydrogen-bond donors (Lipinski definition) is 1. The van der Waals surface area contributed by atoms with Gasteiger partial charge in [0.2, 0.25) is 0 Å². The second kappa shape index (κ2) is 4.23. The van der Waals surface area contributed by atoms with Crippen LogP contribution in [0.2, 0.25) is 0 Å². The predicted octanol–water partition coefficient (Wildman–Crippen LogP) is 2.29. The molecule has 1 aromatic heterocycles. The van der Waals surface area contributed by atoms with Crippen LogP contribution in [0.4, 0.5) is 10.2 Å². The third-order valence-corrected chi connectivity index (χ3v) is 1.71. The van der Waals surface area contributed by atoms with Crippen LogP contribution in [0.15, 0.2) is 29.4 Å². The zero-order valence-corrected chi connectivity index (χ0v) is 8.29. The molecule has 1 heterocycles. The monoisotopic (exact) mass is 246 g/mol. The topological polar surface area (TPSA) is 48.1 Å². The third kappa shape index (κ3) is 2.69. The summed E-state index contributed by atoms with van der Waals surface area (Å²) in [6.45, 7) is 3.24. The van der Waals surface area contributed by atoms with Gasteiger partial charge >= 0.3 is 0 Å². The molecule has 3 nitrogen and oxygen atoms in total. The molecule has 70 valence electrons. The first-order valence-corrected chi connectivity index (χ1v) is 4.27. The van der Waals surface area contributed by atoms with Gasteiger partial charge in [0.25, 0.3) is 6.36 Å². The van der Waals surface area contributed by atoms with Crippen LogP contribution in [0.5, 0.6) is 5.75 Å². The summed E-state index contributed by atoms with van der Waals surface area (Å²) in [7, 11) is 0.